The minimum absolute atomic E-state index is 0.680. The molecule has 5 rings (SSSR count). The Morgan fingerprint density at radius 1 is 0.838 bits per heavy atom. The summed E-state index contributed by atoms with van der Waals surface area (Å²) in [5.41, 5.74) is 5.80. The first-order valence-electron chi connectivity index (χ1n) is 12.3. The molecule has 1 saturated heterocycles. The van der Waals surface area contributed by atoms with Gasteiger partial charge in [-0.25, -0.2) is 4.98 Å². The molecular formula is C28H32ClN5O3. The Morgan fingerprint density at radius 3 is 2.24 bits per heavy atom. The monoisotopic (exact) mass is 521 g/mol. The number of benzene rings is 2. The first-order chi connectivity index (χ1) is 17.9. The zero-order valence-electron chi connectivity index (χ0n) is 21.9. The van der Waals surface area contributed by atoms with Crippen molar-refractivity contribution in [1.82, 2.24) is 19.5 Å². The van der Waals surface area contributed by atoms with E-state index >= 15 is 0 Å². The summed E-state index contributed by atoms with van der Waals surface area (Å²) in [7, 11) is 4.98. The summed E-state index contributed by atoms with van der Waals surface area (Å²) < 4.78 is 18.5. The summed E-state index contributed by atoms with van der Waals surface area (Å²) in [6.45, 7) is 8.45. The number of nitrogens with zero attached hydrogens (tertiary/aromatic N) is 5. The van der Waals surface area contributed by atoms with Gasteiger partial charge in [-0.2, -0.15) is 9.61 Å². The van der Waals surface area contributed by atoms with E-state index in [4.69, 9.17) is 35.9 Å². The van der Waals surface area contributed by atoms with Gasteiger partial charge in [0, 0.05) is 60.6 Å². The van der Waals surface area contributed by atoms with E-state index in [2.05, 4.69) is 15.9 Å². The van der Waals surface area contributed by atoms with Gasteiger partial charge in [-0.3, -0.25) is 4.90 Å². The highest BCUT2D eigenvalue weighted by molar-refractivity contribution is 6.30. The normalized spacial score (nSPS) is 14.3. The molecule has 0 spiro atoms. The lowest BCUT2D eigenvalue weighted by Gasteiger charge is -2.36. The molecule has 2 aromatic heterocycles. The van der Waals surface area contributed by atoms with E-state index in [1.54, 1.807) is 21.3 Å². The minimum Gasteiger partial charge on any atom is -0.496 e. The van der Waals surface area contributed by atoms with Crippen LogP contribution in [-0.2, 0) is 6.54 Å². The highest BCUT2D eigenvalue weighted by Crippen LogP contribution is 2.36. The summed E-state index contributed by atoms with van der Waals surface area (Å²) in [5.74, 6) is 3.29. The molecule has 1 aliphatic rings. The Balaban J connectivity index is 1.42. The molecule has 8 nitrogen and oxygen atoms in total. The SMILES string of the molecule is COc1ccc(Cl)cc1CN1CCN(c2cc(C)nc3c(-c4ccc(OC)c(OC)c4)c(C)nn23)CC1. The van der Waals surface area contributed by atoms with Gasteiger partial charge in [-0.1, -0.05) is 17.7 Å². The van der Waals surface area contributed by atoms with Crippen LogP contribution in [0.15, 0.2) is 42.5 Å². The second kappa shape index (κ2) is 10.5. The van der Waals surface area contributed by atoms with Gasteiger partial charge in [-0.15, -0.1) is 0 Å². The molecule has 9 heteroatoms. The van der Waals surface area contributed by atoms with Crippen LogP contribution < -0.4 is 19.1 Å². The van der Waals surface area contributed by atoms with E-state index < -0.39 is 0 Å². The Bertz CT molecular complexity index is 1430. The van der Waals surface area contributed by atoms with Gasteiger partial charge in [-0.05, 0) is 49.7 Å². The van der Waals surface area contributed by atoms with E-state index in [-0.39, 0.29) is 0 Å². The third kappa shape index (κ3) is 4.91. The van der Waals surface area contributed by atoms with Crippen LogP contribution in [0.2, 0.25) is 5.02 Å². The van der Waals surface area contributed by atoms with Crippen molar-refractivity contribution < 1.29 is 14.2 Å². The number of anilines is 1. The first kappa shape index (κ1) is 25.2. The molecule has 0 saturated carbocycles. The Hall–Kier alpha value is -3.49. The number of rotatable bonds is 7. The largest absolute Gasteiger partial charge is 0.496 e. The second-order valence-electron chi connectivity index (χ2n) is 9.24. The zero-order valence-corrected chi connectivity index (χ0v) is 22.7. The first-order valence-corrected chi connectivity index (χ1v) is 12.7. The van der Waals surface area contributed by atoms with Crippen LogP contribution in [0.4, 0.5) is 5.82 Å². The molecule has 0 atom stereocenters. The Kier molecular flexibility index (Phi) is 7.13. The van der Waals surface area contributed by atoms with Crippen LogP contribution in [0.3, 0.4) is 0 Å². The van der Waals surface area contributed by atoms with Crippen LogP contribution in [0.5, 0.6) is 17.2 Å². The molecule has 0 unspecified atom stereocenters. The van der Waals surface area contributed by atoms with Crippen LogP contribution in [0, 0.1) is 13.8 Å². The molecule has 194 valence electrons. The minimum atomic E-state index is 0.680. The average Bonchev–Trinajstić information content (AvgIpc) is 3.23. The van der Waals surface area contributed by atoms with Crippen molar-refractivity contribution in [2.45, 2.75) is 20.4 Å². The average molecular weight is 522 g/mol. The molecule has 4 aromatic rings. The lowest BCUT2D eigenvalue weighted by molar-refractivity contribution is 0.245. The number of aryl methyl sites for hydroxylation is 2. The third-order valence-electron chi connectivity index (χ3n) is 6.88. The van der Waals surface area contributed by atoms with Gasteiger partial charge in [0.25, 0.3) is 0 Å². The van der Waals surface area contributed by atoms with Crippen LogP contribution in [0.25, 0.3) is 16.8 Å². The van der Waals surface area contributed by atoms with Gasteiger partial charge in [0.2, 0.25) is 0 Å². The third-order valence-corrected chi connectivity index (χ3v) is 7.11. The van der Waals surface area contributed by atoms with Gasteiger partial charge in [0.05, 0.1) is 27.0 Å². The molecule has 1 fully saturated rings. The molecule has 0 radical (unpaired) electrons. The maximum atomic E-state index is 6.24. The number of methoxy groups -OCH3 is 3. The summed E-state index contributed by atoms with van der Waals surface area (Å²) >= 11 is 6.24. The number of hydrogen-bond acceptors (Lipinski definition) is 7. The number of aromatic nitrogens is 3. The van der Waals surface area contributed by atoms with Crippen LogP contribution in [-0.4, -0.2) is 67.0 Å². The molecule has 1 aliphatic heterocycles. The van der Waals surface area contributed by atoms with Gasteiger partial charge < -0.3 is 19.1 Å². The maximum Gasteiger partial charge on any atom is 0.165 e. The van der Waals surface area contributed by atoms with E-state index in [1.807, 2.05) is 54.8 Å². The summed E-state index contributed by atoms with van der Waals surface area (Å²) in [5, 5.41) is 5.64. The van der Waals surface area contributed by atoms with E-state index in [1.165, 1.54) is 0 Å². The molecular weight excluding hydrogens is 490 g/mol. The predicted molar refractivity (Wildman–Crippen MR) is 146 cm³/mol. The smallest absolute Gasteiger partial charge is 0.165 e. The fourth-order valence-corrected chi connectivity index (χ4v) is 5.22. The molecule has 0 N–H and O–H groups in total. The number of ether oxygens (including phenoxy) is 3. The number of hydrogen-bond donors (Lipinski definition) is 0. The van der Waals surface area contributed by atoms with Crippen molar-refractivity contribution in [3.63, 3.8) is 0 Å². The Morgan fingerprint density at radius 2 is 1.54 bits per heavy atom. The molecule has 2 aromatic carbocycles. The van der Waals surface area contributed by atoms with Crippen molar-refractivity contribution in [1.29, 1.82) is 0 Å². The lowest BCUT2D eigenvalue weighted by atomic mass is 10.1. The number of halogens is 1. The van der Waals surface area contributed by atoms with Crippen molar-refractivity contribution in [2.24, 2.45) is 0 Å². The van der Waals surface area contributed by atoms with Gasteiger partial charge in [0.1, 0.15) is 11.6 Å². The summed E-state index contributed by atoms with van der Waals surface area (Å²) in [6.07, 6.45) is 0. The van der Waals surface area contributed by atoms with Crippen LogP contribution in [0.1, 0.15) is 17.0 Å². The fourth-order valence-electron chi connectivity index (χ4n) is 5.03. The van der Waals surface area contributed by atoms with E-state index in [9.17, 15) is 0 Å². The van der Waals surface area contributed by atoms with E-state index in [0.717, 1.165) is 83.0 Å². The van der Waals surface area contributed by atoms with Crippen LogP contribution >= 0.6 is 11.6 Å². The molecule has 3 heterocycles. The standard InChI is InChI=1S/C28H32ClN5O3/c1-18-14-26(33-12-10-32(11-13-33)17-21-15-22(29)7-9-23(21)35-3)34-28(30-18)27(19(2)31-34)20-6-8-24(36-4)25(16-20)37-5/h6-9,14-16H,10-13,17H2,1-5H3. The summed E-state index contributed by atoms with van der Waals surface area (Å²) in [4.78, 5) is 9.71. The van der Waals surface area contributed by atoms with Crippen molar-refractivity contribution >= 4 is 23.1 Å². The van der Waals surface area contributed by atoms with E-state index in [0.29, 0.717) is 11.5 Å². The molecule has 0 aliphatic carbocycles. The Labute approximate surface area is 222 Å². The fraction of sp³-hybridized carbons (Fsp3) is 0.357. The van der Waals surface area contributed by atoms with Crippen molar-refractivity contribution in [3.8, 4) is 28.4 Å². The quantitative estimate of drug-likeness (QED) is 0.338. The lowest BCUT2D eigenvalue weighted by Crippen LogP contribution is -2.46. The van der Waals surface area contributed by atoms with Crippen molar-refractivity contribution in [2.75, 3.05) is 52.4 Å². The van der Waals surface area contributed by atoms with Crippen molar-refractivity contribution in [3.05, 3.63) is 64.4 Å². The molecule has 0 bridgehead atoms. The van der Waals surface area contributed by atoms with Gasteiger partial charge >= 0.3 is 0 Å². The molecule has 0 amide bonds. The predicted octanol–water partition coefficient (Wildman–Crippen LogP) is 5.01. The zero-order chi connectivity index (χ0) is 26.1. The molecule has 37 heavy (non-hydrogen) atoms. The second-order valence-corrected chi connectivity index (χ2v) is 9.68. The number of fused-ring (bicyclic) bond motifs is 1. The highest BCUT2D eigenvalue weighted by atomic mass is 35.5. The van der Waals surface area contributed by atoms with Gasteiger partial charge in [0.15, 0.2) is 17.1 Å². The highest BCUT2D eigenvalue weighted by Gasteiger charge is 2.24. The topological polar surface area (TPSA) is 64.4 Å². The number of piperazine rings is 1. The summed E-state index contributed by atoms with van der Waals surface area (Å²) in [6, 6.07) is 13.8. The maximum absolute atomic E-state index is 6.24.